The molecule has 8 nitrogen and oxygen atoms in total. The largest absolute Gasteiger partial charge is 0.477 e. The van der Waals surface area contributed by atoms with Gasteiger partial charge in [0, 0.05) is 12.4 Å². The van der Waals surface area contributed by atoms with Crippen LogP contribution in [0, 0.1) is 0 Å². The van der Waals surface area contributed by atoms with E-state index in [1.165, 1.54) is 29.7 Å². The maximum atomic E-state index is 12.1. The lowest BCUT2D eigenvalue weighted by Crippen LogP contribution is -2.12. The number of pyridine rings is 2. The maximum absolute atomic E-state index is 12.1. The third-order valence-electron chi connectivity index (χ3n) is 2.77. The van der Waals surface area contributed by atoms with E-state index < -0.39 is 11.9 Å². The highest BCUT2D eigenvalue weighted by atomic mass is 32.1. The van der Waals surface area contributed by atoms with Gasteiger partial charge in [0.1, 0.15) is 11.4 Å². The van der Waals surface area contributed by atoms with Crippen LogP contribution in [0.3, 0.4) is 0 Å². The molecule has 114 valence electrons. The van der Waals surface area contributed by atoms with Gasteiger partial charge in [-0.05, 0) is 24.3 Å². The Morgan fingerprint density at radius 3 is 2.61 bits per heavy atom. The van der Waals surface area contributed by atoms with E-state index in [-0.39, 0.29) is 11.3 Å². The molecule has 3 rings (SSSR count). The minimum Gasteiger partial charge on any atom is -0.477 e. The number of nitrogens with zero attached hydrogens (tertiary/aromatic N) is 4. The van der Waals surface area contributed by atoms with E-state index in [9.17, 15) is 9.59 Å². The number of amides is 1. The standard InChI is InChI=1S/C14H9N5O3S/c20-11(8-4-5-10(13(21)22)16-7-8)17-14-19-18-12(23-14)9-3-1-2-6-15-9/h1-7H,(H,21,22)(H,17,19,20). The first-order valence-electron chi connectivity index (χ1n) is 6.39. The minimum atomic E-state index is -1.15. The molecule has 3 aromatic heterocycles. The van der Waals surface area contributed by atoms with Gasteiger partial charge in [0.05, 0.1) is 5.56 Å². The van der Waals surface area contributed by atoms with Gasteiger partial charge in [-0.3, -0.25) is 15.1 Å². The van der Waals surface area contributed by atoms with Gasteiger partial charge in [-0.25, -0.2) is 9.78 Å². The fourth-order valence-corrected chi connectivity index (χ4v) is 2.41. The molecule has 0 radical (unpaired) electrons. The van der Waals surface area contributed by atoms with E-state index in [1.54, 1.807) is 18.3 Å². The Morgan fingerprint density at radius 1 is 1.09 bits per heavy atom. The molecule has 0 spiro atoms. The molecule has 3 heterocycles. The summed E-state index contributed by atoms with van der Waals surface area (Å²) in [7, 11) is 0. The number of rotatable bonds is 4. The Morgan fingerprint density at radius 2 is 1.96 bits per heavy atom. The Labute approximate surface area is 133 Å². The van der Waals surface area contributed by atoms with Gasteiger partial charge in [-0.15, -0.1) is 10.2 Å². The Kier molecular flexibility index (Phi) is 4.02. The van der Waals surface area contributed by atoms with Crippen LogP contribution in [-0.4, -0.2) is 37.1 Å². The molecule has 0 atom stereocenters. The summed E-state index contributed by atoms with van der Waals surface area (Å²) in [5, 5.41) is 20.1. The Bertz CT molecular complexity index is 848. The van der Waals surface area contributed by atoms with Crippen LogP contribution >= 0.6 is 11.3 Å². The highest BCUT2D eigenvalue weighted by molar-refractivity contribution is 7.18. The number of hydrogen-bond donors (Lipinski definition) is 2. The molecule has 3 aromatic rings. The molecule has 1 amide bonds. The van der Waals surface area contributed by atoms with Crippen LogP contribution in [0.5, 0.6) is 0 Å². The first-order chi connectivity index (χ1) is 11.1. The summed E-state index contributed by atoms with van der Waals surface area (Å²) in [6.07, 6.45) is 2.84. The van der Waals surface area contributed by atoms with E-state index in [4.69, 9.17) is 5.11 Å². The molecule has 0 aliphatic rings. The van der Waals surface area contributed by atoms with Gasteiger partial charge in [-0.2, -0.15) is 0 Å². The predicted molar refractivity (Wildman–Crippen MR) is 82.3 cm³/mol. The number of aromatic nitrogens is 4. The monoisotopic (exact) mass is 327 g/mol. The first kappa shape index (κ1) is 14.7. The first-order valence-corrected chi connectivity index (χ1v) is 7.21. The summed E-state index contributed by atoms with van der Waals surface area (Å²) in [6, 6.07) is 8.06. The fraction of sp³-hybridized carbons (Fsp3) is 0. The lowest BCUT2D eigenvalue weighted by Gasteiger charge is -2.00. The highest BCUT2D eigenvalue weighted by Crippen LogP contribution is 2.24. The van der Waals surface area contributed by atoms with E-state index in [0.29, 0.717) is 15.8 Å². The van der Waals surface area contributed by atoms with Crippen LogP contribution in [0.1, 0.15) is 20.8 Å². The maximum Gasteiger partial charge on any atom is 0.354 e. The average molecular weight is 327 g/mol. The Balaban J connectivity index is 1.73. The lowest BCUT2D eigenvalue weighted by atomic mass is 10.2. The van der Waals surface area contributed by atoms with Crippen LogP contribution in [-0.2, 0) is 0 Å². The van der Waals surface area contributed by atoms with Gasteiger partial charge in [-0.1, -0.05) is 17.4 Å². The second-order valence-corrected chi connectivity index (χ2v) is 5.30. The molecule has 0 saturated carbocycles. The van der Waals surface area contributed by atoms with Crippen molar-refractivity contribution < 1.29 is 14.7 Å². The van der Waals surface area contributed by atoms with Crippen molar-refractivity contribution in [1.82, 2.24) is 20.2 Å². The number of carboxylic acid groups (broad SMARTS) is 1. The van der Waals surface area contributed by atoms with Crippen molar-refractivity contribution in [2.75, 3.05) is 5.32 Å². The molecule has 2 N–H and O–H groups in total. The summed E-state index contributed by atoms with van der Waals surface area (Å²) in [4.78, 5) is 30.6. The van der Waals surface area contributed by atoms with Crippen molar-refractivity contribution in [2.24, 2.45) is 0 Å². The molecular formula is C14H9N5O3S. The number of carboxylic acids is 1. The van der Waals surface area contributed by atoms with Gasteiger partial charge < -0.3 is 5.11 Å². The quantitative estimate of drug-likeness (QED) is 0.751. The van der Waals surface area contributed by atoms with E-state index >= 15 is 0 Å². The van der Waals surface area contributed by atoms with Gasteiger partial charge >= 0.3 is 5.97 Å². The van der Waals surface area contributed by atoms with Crippen molar-refractivity contribution in [2.45, 2.75) is 0 Å². The molecule has 23 heavy (non-hydrogen) atoms. The molecule has 0 aromatic carbocycles. The zero-order chi connectivity index (χ0) is 16.2. The average Bonchev–Trinajstić information content (AvgIpc) is 3.04. The summed E-state index contributed by atoms with van der Waals surface area (Å²) in [5.41, 5.74) is 0.762. The molecule has 0 aliphatic heterocycles. The lowest BCUT2D eigenvalue weighted by molar-refractivity contribution is 0.0690. The number of carbonyl (C=O) groups is 2. The smallest absolute Gasteiger partial charge is 0.354 e. The normalized spacial score (nSPS) is 10.3. The van der Waals surface area contributed by atoms with Crippen molar-refractivity contribution in [3.05, 3.63) is 54.0 Å². The summed E-state index contributed by atoms with van der Waals surface area (Å²) in [6.45, 7) is 0. The van der Waals surface area contributed by atoms with Gasteiger partial charge in [0.15, 0.2) is 5.01 Å². The third kappa shape index (κ3) is 3.35. The zero-order valence-electron chi connectivity index (χ0n) is 11.5. The number of nitrogens with one attached hydrogen (secondary N) is 1. The van der Waals surface area contributed by atoms with Crippen molar-refractivity contribution in [3.8, 4) is 10.7 Å². The molecule has 9 heteroatoms. The van der Waals surface area contributed by atoms with Crippen LogP contribution in [0.4, 0.5) is 5.13 Å². The van der Waals surface area contributed by atoms with Crippen molar-refractivity contribution >= 4 is 28.3 Å². The summed E-state index contributed by atoms with van der Waals surface area (Å²) in [5.74, 6) is -1.60. The second-order valence-electron chi connectivity index (χ2n) is 4.32. The van der Waals surface area contributed by atoms with E-state index in [2.05, 4.69) is 25.5 Å². The number of aromatic carboxylic acids is 1. The van der Waals surface area contributed by atoms with Crippen LogP contribution in [0.15, 0.2) is 42.7 Å². The topological polar surface area (TPSA) is 118 Å². The SMILES string of the molecule is O=C(Nc1nnc(-c2ccccn2)s1)c1ccc(C(=O)O)nc1. The molecule has 0 bridgehead atoms. The number of hydrogen-bond acceptors (Lipinski definition) is 7. The molecule has 0 saturated heterocycles. The van der Waals surface area contributed by atoms with Crippen molar-refractivity contribution in [3.63, 3.8) is 0 Å². The highest BCUT2D eigenvalue weighted by Gasteiger charge is 2.13. The fourth-order valence-electron chi connectivity index (χ4n) is 1.69. The second kappa shape index (κ2) is 6.28. The summed E-state index contributed by atoms with van der Waals surface area (Å²) >= 11 is 1.19. The molecule has 0 aliphatic carbocycles. The molecular weight excluding hydrogens is 318 g/mol. The summed E-state index contributed by atoms with van der Waals surface area (Å²) < 4.78 is 0. The molecule has 0 unspecified atom stereocenters. The van der Waals surface area contributed by atoms with E-state index in [0.717, 1.165) is 0 Å². The molecule has 0 fully saturated rings. The predicted octanol–water partition coefficient (Wildman–Crippen LogP) is 1.95. The van der Waals surface area contributed by atoms with Crippen LogP contribution in [0.2, 0.25) is 0 Å². The van der Waals surface area contributed by atoms with E-state index in [1.807, 2.05) is 6.07 Å². The number of anilines is 1. The van der Waals surface area contributed by atoms with Gasteiger partial charge in [0.2, 0.25) is 5.13 Å². The number of carbonyl (C=O) groups excluding carboxylic acids is 1. The Hall–Kier alpha value is -3.20. The van der Waals surface area contributed by atoms with Gasteiger partial charge in [0.25, 0.3) is 5.91 Å². The van der Waals surface area contributed by atoms with Crippen LogP contribution in [0.25, 0.3) is 10.7 Å². The zero-order valence-corrected chi connectivity index (χ0v) is 12.3. The minimum absolute atomic E-state index is 0.130. The third-order valence-corrected chi connectivity index (χ3v) is 3.64. The van der Waals surface area contributed by atoms with Crippen molar-refractivity contribution in [1.29, 1.82) is 0 Å². The van der Waals surface area contributed by atoms with Crippen LogP contribution < -0.4 is 5.32 Å².